The average molecular weight is 242 g/mol. The molecule has 0 bridgehead atoms. The SMILES string of the molecule is NCc1ncc2n1CCN(Cc1ccccc1)C2. The van der Waals surface area contributed by atoms with E-state index in [9.17, 15) is 0 Å². The number of benzene rings is 1. The fourth-order valence-corrected chi connectivity index (χ4v) is 2.54. The molecule has 18 heavy (non-hydrogen) atoms. The first-order chi connectivity index (χ1) is 8.86. The fourth-order valence-electron chi connectivity index (χ4n) is 2.54. The van der Waals surface area contributed by atoms with Gasteiger partial charge < -0.3 is 10.3 Å². The number of hydrogen-bond acceptors (Lipinski definition) is 3. The highest BCUT2D eigenvalue weighted by Crippen LogP contribution is 2.16. The maximum atomic E-state index is 5.68. The Morgan fingerprint density at radius 3 is 2.78 bits per heavy atom. The van der Waals surface area contributed by atoms with Crippen LogP contribution in [0, 0.1) is 0 Å². The van der Waals surface area contributed by atoms with Gasteiger partial charge in [0.15, 0.2) is 0 Å². The van der Waals surface area contributed by atoms with Crippen molar-refractivity contribution in [1.82, 2.24) is 14.5 Å². The molecular weight excluding hydrogens is 224 g/mol. The average Bonchev–Trinajstić information content (AvgIpc) is 2.82. The Bertz CT molecular complexity index is 518. The second kappa shape index (κ2) is 4.92. The quantitative estimate of drug-likeness (QED) is 0.884. The highest BCUT2D eigenvalue weighted by molar-refractivity contribution is 5.15. The molecule has 4 heteroatoms. The lowest BCUT2D eigenvalue weighted by atomic mass is 10.2. The maximum absolute atomic E-state index is 5.68. The summed E-state index contributed by atoms with van der Waals surface area (Å²) in [6, 6.07) is 10.6. The number of aromatic nitrogens is 2. The lowest BCUT2D eigenvalue weighted by Gasteiger charge is -2.28. The molecule has 0 amide bonds. The number of nitrogens with two attached hydrogens (primary N) is 1. The van der Waals surface area contributed by atoms with Crippen molar-refractivity contribution in [3.63, 3.8) is 0 Å². The monoisotopic (exact) mass is 242 g/mol. The summed E-state index contributed by atoms with van der Waals surface area (Å²) in [4.78, 5) is 6.82. The molecule has 94 valence electrons. The third kappa shape index (κ3) is 2.17. The highest BCUT2D eigenvalue weighted by atomic mass is 15.2. The molecule has 0 atom stereocenters. The van der Waals surface area contributed by atoms with E-state index < -0.39 is 0 Å². The molecule has 1 aliphatic rings. The van der Waals surface area contributed by atoms with Crippen LogP contribution in [0.1, 0.15) is 17.1 Å². The van der Waals surface area contributed by atoms with E-state index in [0.717, 1.165) is 32.0 Å². The van der Waals surface area contributed by atoms with Crippen LogP contribution in [0.15, 0.2) is 36.5 Å². The van der Waals surface area contributed by atoms with Gasteiger partial charge in [0, 0.05) is 32.4 Å². The molecular formula is C14H18N4. The number of fused-ring (bicyclic) bond motifs is 1. The third-order valence-electron chi connectivity index (χ3n) is 3.48. The summed E-state index contributed by atoms with van der Waals surface area (Å²) >= 11 is 0. The molecule has 4 nitrogen and oxygen atoms in total. The molecule has 0 spiro atoms. The normalized spacial score (nSPS) is 15.6. The lowest BCUT2D eigenvalue weighted by molar-refractivity contribution is 0.211. The summed E-state index contributed by atoms with van der Waals surface area (Å²) in [5.74, 6) is 1.00. The van der Waals surface area contributed by atoms with Crippen LogP contribution in [0.2, 0.25) is 0 Å². The van der Waals surface area contributed by atoms with Crippen molar-refractivity contribution >= 4 is 0 Å². The smallest absolute Gasteiger partial charge is 0.122 e. The largest absolute Gasteiger partial charge is 0.328 e. The molecule has 1 aromatic heterocycles. The Hall–Kier alpha value is -1.65. The summed E-state index contributed by atoms with van der Waals surface area (Å²) in [7, 11) is 0. The van der Waals surface area contributed by atoms with Gasteiger partial charge in [0.05, 0.1) is 12.2 Å². The van der Waals surface area contributed by atoms with Gasteiger partial charge in [-0.3, -0.25) is 4.90 Å². The van der Waals surface area contributed by atoms with Crippen molar-refractivity contribution in [2.24, 2.45) is 5.73 Å². The van der Waals surface area contributed by atoms with E-state index in [0.29, 0.717) is 6.54 Å². The minimum Gasteiger partial charge on any atom is -0.328 e. The van der Waals surface area contributed by atoms with Gasteiger partial charge in [-0.1, -0.05) is 30.3 Å². The fraction of sp³-hybridized carbons (Fsp3) is 0.357. The molecule has 0 unspecified atom stereocenters. The van der Waals surface area contributed by atoms with Gasteiger partial charge in [-0.05, 0) is 5.56 Å². The van der Waals surface area contributed by atoms with E-state index in [4.69, 9.17) is 5.73 Å². The van der Waals surface area contributed by atoms with E-state index in [2.05, 4.69) is 44.8 Å². The van der Waals surface area contributed by atoms with Crippen LogP contribution in [0.4, 0.5) is 0 Å². The van der Waals surface area contributed by atoms with Gasteiger partial charge >= 0.3 is 0 Å². The number of hydrogen-bond donors (Lipinski definition) is 1. The first-order valence-corrected chi connectivity index (χ1v) is 6.36. The predicted octanol–water partition coefficient (Wildman–Crippen LogP) is 1.36. The second-order valence-electron chi connectivity index (χ2n) is 4.72. The molecule has 0 radical (unpaired) electrons. The van der Waals surface area contributed by atoms with Crippen molar-refractivity contribution in [2.75, 3.05) is 6.54 Å². The molecule has 2 heterocycles. The minimum absolute atomic E-state index is 0.526. The van der Waals surface area contributed by atoms with Crippen molar-refractivity contribution in [1.29, 1.82) is 0 Å². The van der Waals surface area contributed by atoms with Crippen molar-refractivity contribution in [3.8, 4) is 0 Å². The van der Waals surface area contributed by atoms with Crippen molar-refractivity contribution < 1.29 is 0 Å². The minimum atomic E-state index is 0.526. The van der Waals surface area contributed by atoms with Crippen LogP contribution in [0.25, 0.3) is 0 Å². The zero-order chi connectivity index (χ0) is 12.4. The highest BCUT2D eigenvalue weighted by Gasteiger charge is 2.18. The summed E-state index contributed by atoms with van der Waals surface area (Å²) in [6.45, 7) is 4.55. The van der Waals surface area contributed by atoms with Crippen molar-refractivity contribution in [2.45, 2.75) is 26.2 Å². The molecule has 3 rings (SSSR count). The van der Waals surface area contributed by atoms with E-state index in [1.54, 1.807) is 0 Å². The second-order valence-corrected chi connectivity index (χ2v) is 4.72. The Kier molecular flexibility index (Phi) is 3.13. The molecule has 2 N–H and O–H groups in total. The number of nitrogens with zero attached hydrogens (tertiary/aromatic N) is 3. The van der Waals surface area contributed by atoms with Gasteiger partial charge in [-0.2, -0.15) is 0 Å². The van der Waals surface area contributed by atoms with Gasteiger partial charge in [0.1, 0.15) is 5.82 Å². The van der Waals surface area contributed by atoms with Gasteiger partial charge in [-0.25, -0.2) is 4.98 Å². The molecule has 2 aromatic rings. The standard InChI is InChI=1S/C14H18N4/c15-8-14-16-9-13-11-17(6-7-18(13)14)10-12-4-2-1-3-5-12/h1-5,9H,6-8,10-11,15H2. The summed E-state index contributed by atoms with van der Waals surface area (Å²) in [5.41, 5.74) is 8.32. The zero-order valence-electron chi connectivity index (χ0n) is 10.4. The van der Waals surface area contributed by atoms with Crippen LogP contribution in [0.3, 0.4) is 0 Å². The lowest BCUT2D eigenvalue weighted by Crippen LogP contribution is -2.33. The van der Waals surface area contributed by atoms with Gasteiger partial charge in [0.2, 0.25) is 0 Å². The Morgan fingerprint density at radius 1 is 1.17 bits per heavy atom. The number of imidazole rings is 1. The molecule has 0 aliphatic carbocycles. The summed E-state index contributed by atoms with van der Waals surface area (Å²) in [5, 5.41) is 0. The summed E-state index contributed by atoms with van der Waals surface area (Å²) < 4.78 is 2.25. The van der Waals surface area contributed by atoms with E-state index in [1.165, 1.54) is 11.3 Å². The zero-order valence-corrected chi connectivity index (χ0v) is 10.4. The van der Waals surface area contributed by atoms with Crippen LogP contribution in [0.5, 0.6) is 0 Å². The first-order valence-electron chi connectivity index (χ1n) is 6.36. The Morgan fingerprint density at radius 2 is 2.00 bits per heavy atom. The molecule has 1 aliphatic heterocycles. The Balaban J connectivity index is 1.72. The van der Waals surface area contributed by atoms with E-state index >= 15 is 0 Å². The molecule has 0 saturated carbocycles. The van der Waals surface area contributed by atoms with Gasteiger partial charge in [0.25, 0.3) is 0 Å². The predicted molar refractivity (Wildman–Crippen MR) is 70.7 cm³/mol. The molecule has 0 fully saturated rings. The van der Waals surface area contributed by atoms with Crippen LogP contribution < -0.4 is 5.73 Å². The van der Waals surface area contributed by atoms with Crippen molar-refractivity contribution in [3.05, 3.63) is 53.6 Å². The topological polar surface area (TPSA) is 47.1 Å². The third-order valence-corrected chi connectivity index (χ3v) is 3.48. The van der Waals surface area contributed by atoms with Gasteiger partial charge in [-0.15, -0.1) is 0 Å². The van der Waals surface area contributed by atoms with Crippen LogP contribution >= 0.6 is 0 Å². The maximum Gasteiger partial charge on any atom is 0.122 e. The van der Waals surface area contributed by atoms with E-state index in [1.807, 2.05) is 6.20 Å². The summed E-state index contributed by atoms with van der Waals surface area (Å²) in [6.07, 6.45) is 1.96. The molecule has 0 saturated heterocycles. The van der Waals surface area contributed by atoms with E-state index in [-0.39, 0.29) is 0 Å². The molecule has 1 aromatic carbocycles. The first kappa shape index (κ1) is 11.4. The Labute approximate surface area is 107 Å². The van der Waals surface area contributed by atoms with Crippen LogP contribution in [-0.4, -0.2) is 21.0 Å². The number of rotatable bonds is 3. The van der Waals surface area contributed by atoms with Crippen LogP contribution in [-0.2, 0) is 26.2 Å².